The monoisotopic (exact) mass is 318 g/mol. The van der Waals surface area contributed by atoms with Gasteiger partial charge in [0.05, 0.1) is 13.2 Å². The summed E-state index contributed by atoms with van der Waals surface area (Å²) >= 11 is 0. The summed E-state index contributed by atoms with van der Waals surface area (Å²) in [7, 11) is 0. The van der Waals surface area contributed by atoms with Crippen LogP contribution in [0.5, 0.6) is 0 Å². The highest BCUT2D eigenvalue weighted by atomic mass is 16.7. The lowest BCUT2D eigenvalue weighted by molar-refractivity contribution is -0.187. The zero-order valence-corrected chi connectivity index (χ0v) is 14.1. The zero-order chi connectivity index (χ0) is 16.3. The van der Waals surface area contributed by atoms with Gasteiger partial charge in [0.2, 0.25) is 5.91 Å². The van der Waals surface area contributed by atoms with Crippen LogP contribution in [-0.2, 0) is 14.3 Å². The normalized spacial score (nSPS) is 20.0. The first kappa shape index (κ1) is 16.3. The molecule has 1 aromatic rings. The summed E-state index contributed by atoms with van der Waals surface area (Å²) in [6.07, 6.45) is 2.08. The van der Waals surface area contributed by atoms with Crippen LogP contribution in [0, 0.1) is 13.8 Å². The molecule has 5 nitrogen and oxygen atoms in total. The van der Waals surface area contributed by atoms with Gasteiger partial charge in [-0.15, -0.1) is 0 Å². The fourth-order valence-corrected chi connectivity index (χ4v) is 3.36. The second kappa shape index (κ2) is 6.89. The zero-order valence-electron chi connectivity index (χ0n) is 14.1. The number of benzene rings is 1. The van der Waals surface area contributed by atoms with Crippen molar-refractivity contribution in [2.45, 2.75) is 38.9 Å². The number of amides is 1. The molecule has 0 aromatic heterocycles. The molecule has 126 valence electrons. The quantitative estimate of drug-likeness (QED) is 0.926. The van der Waals surface area contributed by atoms with Crippen LogP contribution < -0.4 is 5.32 Å². The molecule has 0 aliphatic carbocycles. The number of anilines is 1. The minimum atomic E-state index is -0.409. The van der Waals surface area contributed by atoms with E-state index in [-0.39, 0.29) is 5.91 Å². The molecular weight excluding hydrogens is 292 g/mol. The molecule has 5 heteroatoms. The van der Waals surface area contributed by atoms with E-state index in [0.29, 0.717) is 26.2 Å². The molecule has 2 aliphatic heterocycles. The molecule has 0 atom stereocenters. The van der Waals surface area contributed by atoms with Gasteiger partial charge in [-0.1, -0.05) is 17.7 Å². The van der Waals surface area contributed by atoms with Crippen molar-refractivity contribution in [3.8, 4) is 0 Å². The molecule has 0 unspecified atom stereocenters. The van der Waals surface area contributed by atoms with Gasteiger partial charge in [0.15, 0.2) is 5.79 Å². The van der Waals surface area contributed by atoms with Crippen molar-refractivity contribution in [1.29, 1.82) is 0 Å². The second-order valence-electron chi connectivity index (χ2n) is 6.48. The lowest BCUT2D eigenvalue weighted by Crippen LogP contribution is -2.47. The first-order chi connectivity index (χ1) is 11.1. The molecule has 2 aliphatic rings. The molecular formula is C18H26N2O3. The summed E-state index contributed by atoms with van der Waals surface area (Å²) in [6.45, 7) is 7.63. The van der Waals surface area contributed by atoms with Gasteiger partial charge in [0.25, 0.3) is 0 Å². The van der Waals surface area contributed by atoms with Crippen LogP contribution in [0.25, 0.3) is 0 Å². The van der Waals surface area contributed by atoms with E-state index in [1.807, 2.05) is 4.90 Å². The van der Waals surface area contributed by atoms with Gasteiger partial charge >= 0.3 is 0 Å². The molecule has 1 N–H and O–H groups in total. The van der Waals surface area contributed by atoms with Gasteiger partial charge < -0.3 is 19.7 Å². The number of carbonyl (C=O) groups is 1. The third kappa shape index (κ3) is 3.85. The maximum Gasteiger partial charge on any atom is 0.224 e. The van der Waals surface area contributed by atoms with E-state index >= 15 is 0 Å². The highest BCUT2D eigenvalue weighted by molar-refractivity contribution is 5.77. The second-order valence-corrected chi connectivity index (χ2v) is 6.48. The molecule has 1 aromatic carbocycles. The van der Waals surface area contributed by atoms with E-state index in [4.69, 9.17) is 9.47 Å². The highest BCUT2D eigenvalue weighted by Crippen LogP contribution is 2.31. The van der Waals surface area contributed by atoms with Gasteiger partial charge in [-0.05, 0) is 25.5 Å². The van der Waals surface area contributed by atoms with Crippen molar-refractivity contribution in [3.63, 3.8) is 0 Å². The number of hydrogen-bond acceptors (Lipinski definition) is 4. The average Bonchev–Trinajstić information content (AvgIpc) is 2.98. The van der Waals surface area contributed by atoms with Crippen molar-refractivity contribution in [2.75, 3.05) is 38.2 Å². The Labute approximate surface area is 137 Å². The lowest BCUT2D eigenvalue weighted by atomic mass is 10.0. The minimum absolute atomic E-state index is 0.204. The summed E-state index contributed by atoms with van der Waals surface area (Å²) < 4.78 is 11.4. The molecule has 2 fully saturated rings. The number of aryl methyl sites for hydroxylation is 2. The van der Waals surface area contributed by atoms with Crippen molar-refractivity contribution in [1.82, 2.24) is 4.90 Å². The maximum atomic E-state index is 12.3. The van der Waals surface area contributed by atoms with Gasteiger partial charge in [-0.2, -0.15) is 0 Å². The predicted molar refractivity (Wildman–Crippen MR) is 89.5 cm³/mol. The number of piperidine rings is 1. The molecule has 2 heterocycles. The summed E-state index contributed by atoms with van der Waals surface area (Å²) in [5.41, 5.74) is 3.57. The Balaban J connectivity index is 1.43. The lowest BCUT2D eigenvalue weighted by Gasteiger charge is -2.37. The Morgan fingerprint density at radius 1 is 1.22 bits per heavy atom. The van der Waals surface area contributed by atoms with E-state index in [1.165, 1.54) is 11.1 Å². The average molecular weight is 318 g/mol. The van der Waals surface area contributed by atoms with E-state index in [0.717, 1.165) is 31.6 Å². The first-order valence-corrected chi connectivity index (χ1v) is 8.45. The fraction of sp³-hybridized carbons (Fsp3) is 0.611. The Hall–Kier alpha value is -1.59. The number of likely N-dealkylation sites (tertiary alicyclic amines) is 1. The predicted octanol–water partition coefficient (Wildman–Crippen LogP) is 2.47. The van der Waals surface area contributed by atoms with E-state index in [1.54, 1.807) is 0 Å². The van der Waals surface area contributed by atoms with Gasteiger partial charge in [-0.25, -0.2) is 0 Å². The van der Waals surface area contributed by atoms with Crippen LogP contribution in [0.3, 0.4) is 0 Å². The van der Waals surface area contributed by atoms with Crippen molar-refractivity contribution in [2.24, 2.45) is 0 Å². The van der Waals surface area contributed by atoms with Gasteiger partial charge in [0.1, 0.15) is 0 Å². The fourth-order valence-electron chi connectivity index (χ4n) is 3.36. The summed E-state index contributed by atoms with van der Waals surface area (Å²) in [4.78, 5) is 14.3. The standard InChI is InChI=1S/C18H26N2O3/c1-14-3-4-16(15(2)13-14)19-8-5-17(21)20-9-6-18(7-10-20)22-11-12-23-18/h3-4,13,19H,5-12H2,1-2H3. The summed E-state index contributed by atoms with van der Waals surface area (Å²) in [5.74, 6) is -0.205. The Bertz CT molecular complexity index is 557. The SMILES string of the molecule is Cc1ccc(NCCC(=O)N2CCC3(CC2)OCCO3)c(C)c1. The van der Waals surface area contributed by atoms with Crippen molar-refractivity contribution in [3.05, 3.63) is 29.3 Å². The van der Waals surface area contributed by atoms with E-state index in [9.17, 15) is 4.79 Å². The molecule has 0 radical (unpaired) electrons. The van der Waals surface area contributed by atoms with Crippen molar-refractivity contribution < 1.29 is 14.3 Å². The van der Waals surface area contributed by atoms with Gasteiger partial charge in [0, 0.05) is 44.6 Å². The first-order valence-electron chi connectivity index (χ1n) is 8.45. The molecule has 23 heavy (non-hydrogen) atoms. The smallest absolute Gasteiger partial charge is 0.224 e. The van der Waals surface area contributed by atoms with Crippen LogP contribution in [0.2, 0.25) is 0 Å². The third-order valence-corrected chi connectivity index (χ3v) is 4.73. The van der Waals surface area contributed by atoms with E-state index < -0.39 is 5.79 Å². The van der Waals surface area contributed by atoms with Crippen LogP contribution >= 0.6 is 0 Å². The minimum Gasteiger partial charge on any atom is -0.384 e. The number of ether oxygens (including phenoxy) is 2. The highest BCUT2D eigenvalue weighted by Gasteiger charge is 2.40. The van der Waals surface area contributed by atoms with E-state index in [2.05, 4.69) is 37.4 Å². The Morgan fingerprint density at radius 2 is 1.91 bits per heavy atom. The maximum absolute atomic E-state index is 12.3. The molecule has 1 amide bonds. The Kier molecular flexibility index (Phi) is 4.87. The van der Waals surface area contributed by atoms with Crippen LogP contribution in [-0.4, -0.2) is 49.4 Å². The van der Waals surface area contributed by atoms with Crippen molar-refractivity contribution >= 4 is 11.6 Å². The molecule has 3 rings (SSSR count). The molecule has 0 bridgehead atoms. The number of hydrogen-bond donors (Lipinski definition) is 1. The number of nitrogens with zero attached hydrogens (tertiary/aromatic N) is 1. The molecule has 1 spiro atoms. The third-order valence-electron chi connectivity index (χ3n) is 4.73. The molecule has 2 saturated heterocycles. The molecule has 0 saturated carbocycles. The number of nitrogens with one attached hydrogen (secondary N) is 1. The van der Waals surface area contributed by atoms with Crippen LogP contribution in [0.4, 0.5) is 5.69 Å². The summed E-state index contributed by atoms with van der Waals surface area (Å²) in [6, 6.07) is 6.31. The van der Waals surface area contributed by atoms with Gasteiger partial charge in [-0.3, -0.25) is 4.79 Å². The van der Waals surface area contributed by atoms with Crippen LogP contribution in [0.15, 0.2) is 18.2 Å². The number of carbonyl (C=O) groups excluding carboxylic acids is 1. The number of rotatable bonds is 4. The topological polar surface area (TPSA) is 50.8 Å². The van der Waals surface area contributed by atoms with Crippen LogP contribution in [0.1, 0.15) is 30.4 Å². The Morgan fingerprint density at radius 3 is 2.57 bits per heavy atom. The summed E-state index contributed by atoms with van der Waals surface area (Å²) in [5, 5.41) is 3.36. The largest absolute Gasteiger partial charge is 0.384 e.